The highest BCUT2D eigenvalue weighted by Crippen LogP contribution is 2.38. The highest BCUT2D eigenvalue weighted by molar-refractivity contribution is 6.33. The fourth-order valence-electron chi connectivity index (χ4n) is 2.87. The van der Waals surface area contributed by atoms with Crippen LogP contribution in [0.15, 0.2) is 60.7 Å². The van der Waals surface area contributed by atoms with Gasteiger partial charge in [0, 0.05) is 10.6 Å². The van der Waals surface area contributed by atoms with Crippen molar-refractivity contribution in [3.05, 3.63) is 71.2 Å². The summed E-state index contributed by atoms with van der Waals surface area (Å²) in [5, 5.41) is 3.37. The maximum atomic E-state index is 6.39. The van der Waals surface area contributed by atoms with E-state index in [1.807, 2.05) is 18.2 Å². The van der Waals surface area contributed by atoms with Crippen LogP contribution >= 0.6 is 11.6 Å². The molecule has 0 radical (unpaired) electrons. The van der Waals surface area contributed by atoms with Crippen molar-refractivity contribution >= 4 is 22.4 Å². The number of fused-ring (bicyclic) bond motifs is 1. The molecule has 0 fully saturated rings. The van der Waals surface area contributed by atoms with Gasteiger partial charge in [-0.05, 0) is 33.4 Å². The minimum Gasteiger partial charge on any atom is -0.0837 e. The molecule has 0 aromatic heterocycles. The van der Waals surface area contributed by atoms with Crippen LogP contribution in [0.3, 0.4) is 0 Å². The Hall–Kier alpha value is -1.79. The zero-order valence-corrected chi connectivity index (χ0v) is 13.4. The van der Waals surface area contributed by atoms with Gasteiger partial charge in [0.05, 0.1) is 0 Å². The minimum atomic E-state index is 0.124. The maximum absolute atomic E-state index is 6.39. The molecule has 3 aromatic carbocycles. The molecule has 0 amide bonds. The minimum absolute atomic E-state index is 0.124. The molecule has 0 N–H and O–H groups in total. The molecule has 3 aromatic rings. The third-order valence-electron chi connectivity index (χ3n) is 3.90. The summed E-state index contributed by atoms with van der Waals surface area (Å²) in [5.41, 5.74) is 3.78. The Kier molecular flexibility index (Phi) is 3.51. The molecule has 0 unspecified atom stereocenters. The van der Waals surface area contributed by atoms with Crippen LogP contribution in [0.25, 0.3) is 21.9 Å². The number of halogens is 1. The van der Waals surface area contributed by atoms with Crippen LogP contribution in [0.2, 0.25) is 5.02 Å². The second-order valence-corrected chi connectivity index (χ2v) is 6.84. The molecule has 0 nitrogen and oxygen atoms in total. The molecule has 106 valence electrons. The van der Waals surface area contributed by atoms with Gasteiger partial charge in [-0.25, -0.2) is 0 Å². The largest absolute Gasteiger partial charge is 0.0837 e. The fraction of sp³-hybridized carbons (Fsp3) is 0.200. The summed E-state index contributed by atoms with van der Waals surface area (Å²) >= 11 is 6.39. The standard InChI is InChI=1S/C20H19Cl/c1-20(2,3)18-13-12-15(14-8-4-5-9-16(14)18)17-10-6-7-11-19(17)21/h4-13H,1-3H3. The second-order valence-electron chi connectivity index (χ2n) is 6.44. The zero-order chi connectivity index (χ0) is 15.0. The molecule has 0 heterocycles. The Morgan fingerprint density at radius 2 is 1.29 bits per heavy atom. The molecule has 0 spiro atoms. The van der Waals surface area contributed by atoms with E-state index in [2.05, 4.69) is 63.2 Å². The van der Waals surface area contributed by atoms with Crippen LogP contribution in [0.4, 0.5) is 0 Å². The van der Waals surface area contributed by atoms with Crippen LogP contribution < -0.4 is 0 Å². The lowest BCUT2D eigenvalue weighted by Gasteiger charge is -2.23. The molecule has 0 saturated carbocycles. The predicted molar refractivity (Wildman–Crippen MR) is 93.1 cm³/mol. The lowest BCUT2D eigenvalue weighted by molar-refractivity contribution is 0.596. The summed E-state index contributed by atoms with van der Waals surface area (Å²) in [6, 6.07) is 21.1. The summed E-state index contributed by atoms with van der Waals surface area (Å²) < 4.78 is 0. The third-order valence-corrected chi connectivity index (χ3v) is 4.23. The summed E-state index contributed by atoms with van der Waals surface area (Å²) in [7, 11) is 0. The van der Waals surface area contributed by atoms with Gasteiger partial charge in [0.25, 0.3) is 0 Å². The van der Waals surface area contributed by atoms with Crippen molar-refractivity contribution in [3.8, 4) is 11.1 Å². The Labute approximate surface area is 131 Å². The van der Waals surface area contributed by atoms with Crippen molar-refractivity contribution in [2.24, 2.45) is 0 Å². The monoisotopic (exact) mass is 294 g/mol. The molecule has 21 heavy (non-hydrogen) atoms. The van der Waals surface area contributed by atoms with Crippen LogP contribution in [-0.2, 0) is 5.41 Å². The van der Waals surface area contributed by atoms with Gasteiger partial charge in [-0.3, -0.25) is 0 Å². The molecule has 0 aliphatic carbocycles. The van der Waals surface area contributed by atoms with Crippen LogP contribution in [0.1, 0.15) is 26.3 Å². The molecule has 0 atom stereocenters. The average molecular weight is 295 g/mol. The van der Waals surface area contributed by atoms with E-state index < -0.39 is 0 Å². The van der Waals surface area contributed by atoms with Gasteiger partial charge in [-0.1, -0.05) is 87.0 Å². The maximum Gasteiger partial charge on any atom is 0.0484 e. The van der Waals surface area contributed by atoms with Crippen LogP contribution in [0.5, 0.6) is 0 Å². The smallest absolute Gasteiger partial charge is 0.0484 e. The highest BCUT2D eigenvalue weighted by atomic mass is 35.5. The first-order valence-corrected chi connectivity index (χ1v) is 7.63. The molecule has 1 heteroatoms. The molecule has 0 aliphatic rings. The van der Waals surface area contributed by atoms with Crippen LogP contribution in [-0.4, -0.2) is 0 Å². The molecule has 0 saturated heterocycles. The Morgan fingerprint density at radius 3 is 1.95 bits per heavy atom. The summed E-state index contributed by atoms with van der Waals surface area (Å²) in [4.78, 5) is 0. The molecule has 3 rings (SSSR count). The Morgan fingerprint density at radius 1 is 0.667 bits per heavy atom. The summed E-state index contributed by atoms with van der Waals surface area (Å²) in [6.45, 7) is 6.76. The zero-order valence-electron chi connectivity index (χ0n) is 12.7. The normalized spacial score (nSPS) is 11.8. The lowest BCUT2D eigenvalue weighted by atomic mass is 9.82. The van der Waals surface area contributed by atoms with E-state index in [9.17, 15) is 0 Å². The van der Waals surface area contributed by atoms with Crippen molar-refractivity contribution in [3.63, 3.8) is 0 Å². The van der Waals surface area contributed by atoms with Gasteiger partial charge in [-0.2, -0.15) is 0 Å². The van der Waals surface area contributed by atoms with Gasteiger partial charge in [0.2, 0.25) is 0 Å². The van der Waals surface area contributed by atoms with E-state index in [0.717, 1.165) is 10.6 Å². The van der Waals surface area contributed by atoms with Crippen molar-refractivity contribution in [2.75, 3.05) is 0 Å². The highest BCUT2D eigenvalue weighted by Gasteiger charge is 2.18. The van der Waals surface area contributed by atoms with E-state index in [-0.39, 0.29) is 5.41 Å². The Bertz CT molecular complexity index is 794. The predicted octanol–water partition coefficient (Wildman–Crippen LogP) is 6.46. The number of hydrogen-bond donors (Lipinski definition) is 0. The van der Waals surface area contributed by atoms with Gasteiger partial charge in [-0.15, -0.1) is 0 Å². The lowest BCUT2D eigenvalue weighted by Crippen LogP contribution is -2.11. The Balaban J connectivity index is 2.35. The van der Waals surface area contributed by atoms with Gasteiger partial charge < -0.3 is 0 Å². The number of benzene rings is 3. The van der Waals surface area contributed by atoms with Gasteiger partial charge in [0.1, 0.15) is 0 Å². The van der Waals surface area contributed by atoms with Crippen molar-refractivity contribution in [1.29, 1.82) is 0 Å². The van der Waals surface area contributed by atoms with Crippen molar-refractivity contribution in [2.45, 2.75) is 26.2 Å². The quantitative estimate of drug-likeness (QED) is 0.483. The molecule has 0 bridgehead atoms. The van der Waals surface area contributed by atoms with E-state index >= 15 is 0 Å². The number of hydrogen-bond acceptors (Lipinski definition) is 0. The van der Waals surface area contributed by atoms with E-state index in [0.29, 0.717) is 0 Å². The van der Waals surface area contributed by atoms with E-state index in [4.69, 9.17) is 11.6 Å². The summed E-state index contributed by atoms with van der Waals surface area (Å²) in [5.74, 6) is 0. The van der Waals surface area contributed by atoms with Crippen LogP contribution in [0, 0.1) is 0 Å². The third kappa shape index (κ3) is 2.56. The van der Waals surface area contributed by atoms with E-state index in [1.165, 1.54) is 21.9 Å². The first-order chi connectivity index (χ1) is 9.98. The van der Waals surface area contributed by atoms with Gasteiger partial charge >= 0.3 is 0 Å². The van der Waals surface area contributed by atoms with Crippen molar-refractivity contribution < 1.29 is 0 Å². The molecular formula is C20H19Cl. The molecule has 0 aliphatic heterocycles. The SMILES string of the molecule is CC(C)(C)c1ccc(-c2ccccc2Cl)c2ccccc12. The average Bonchev–Trinajstić information content (AvgIpc) is 2.46. The number of rotatable bonds is 1. The van der Waals surface area contributed by atoms with Crippen molar-refractivity contribution in [1.82, 2.24) is 0 Å². The first-order valence-electron chi connectivity index (χ1n) is 7.25. The molecular weight excluding hydrogens is 276 g/mol. The summed E-state index contributed by atoms with van der Waals surface area (Å²) in [6.07, 6.45) is 0. The fourth-order valence-corrected chi connectivity index (χ4v) is 3.11. The topological polar surface area (TPSA) is 0 Å². The van der Waals surface area contributed by atoms with Gasteiger partial charge in [0.15, 0.2) is 0 Å². The second kappa shape index (κ2) is 5.20. The first kappa shape index (κ1) is 14.2. The van der Waals surface area contributed by atoms with E-state index in [1.54, 1.807) is 0 Å².